The second-order valence-electron chi connectivity index (χ2n) is 5.21. The zero-order valence-electron chi connectivity index (χ0n) is 11.1. The molecule has 1 amide bonds. The number of aliphatic carboxylic acids is 1. The van der Waals surface area contributed by atoms with Gasteiger partial charge in [0.1, 0.15) is 0 Å². The number of carbonyl (C=O) groups excluding carboxylic acids is 1. The molecule has 2 unspecified atom stereocenters. The Morgan fingerprint density at radius 2 is 1.95 bits per heavy atom. The monoisotopic (exact) mass is 261 g/mol. The van der Waals surface area contributed by atoms with Crippen molar-refractivity contribution in [1.82, 2.24) is 4.90 Å². The number of hydrogen-bond donors (Lipinski definition) is 1. The van der Waals surface area contributed by atoms with Gasteiger partial charge in [0.2, 0.25) is 5.91 Å². The smallest absolute Gasteiger partial charge is 0.308 e. The molecule has 19 heavy (non-hydrogen) atoms. The Kier molecular flexibility index (Phi) is 4.20. The summed E-state index contributed by atoms with van der Waals surface area (Å²) >= 11 is 0. The Hall–Kier alpha value is -1.84. The van der Waals surface area contributed by atoms with Crippen molar-refractivity contribution in [2.45, 2.75) is 19.8 Å². The maximum Gasteiger partial charge on any atom is 0.308 e. The lowest BCUT2D eigenvalue weighted by Gasteiger charge is -2.15. The zero-order valence-corrected chi connectivity index (χ0v) is 11.1. The Morgan fingerprint density at radius 1 is 1.26 bits per heavy atom. The third-order valence-corrected chi connectivity index (χ3v) is 3.75. The minimum absolute atomic E-state index is 0.0400. The fraction of sp³-hybridized carbons (Fsp3) is 0.467. The van der Waals surface area contributed by atoms with Gasteiger partial charge in [-0.25, -0.2) is 0 Å². The van der Waals surface area contributed by atoms with Crippen molar-refractivity contribution in [2.75, 3.05) is 13.1 Å². The van der Waals surface area contributed by atoms with Crippen molar-refractivity contribution in [1.29, 1.82) is 0 Å². The van der Waals surface area contributed by atoms with E-state index in [9.17, 15) is 9.59 Å². The van der Waals surface area contributed by atoms with Crippen molar-refractivity contribution in [2.24, 2.45) is 11.8 Å². The molecule has 1 fully saturated rings. The van der Waals surface area contributed by atoms with E-state index < -0.39 is 11.9 Å². The minimum atomic E-state index is -0.800. The number of nitrogens with zero attached hydrogens (tertiary/aromatic N) is 1. The number of amides is 1. The van der Waals surface area contributed by atoms with Crippen molar-refractivity contribution in [3.05, 3.63) is 35.9 Å². The molecule has 0 bridgehead atoms. The van der Waals surface area contributed by atoms with Crippen LogP contribution in [0.15, 0.2) is 30.3 Å². The number of likely N-dealkylation sites (tertiary alicyclic amines) is 1. The normalized spacial score (nSPS) is 22.5. The number of benzene rings is 1. The molecule has 102 valence electrons. The summed E-state index contributed by atoms with van der Waals surface area (Å²) in [5, 5.41) is 9.05. The molecule has 0 aliphatic carbocycles. The Morgan fingerprint density at radius 3 is 2.53 bits per heavy atom. The first-order valence-electron chi connectivity index (χ1n) is 6.62. The molecular weight excluding hydrogens is 242 g/mol. The van der Waals surface area contributed by atoms with E-state index >= 15 is 0 Å². The zero-order chi connectivity index (χ0) is 13.8. The van der Waals surface area contributed by atoms with E-state index in [1.165, 1.54) is 0 Å². The average Bonchev–Trinajstić information content (AvgIpc) is 2.79. The van der Waals surface area contributed by atoms with Gasteiger partial charge in [-0.3, -0.25) is 9.59 Å². The summed E-state index contributed by atoms with van der Waals surface area (Å²) in [5.41, 5.74) is 1.14. The quantitative estimate of drug-likeness (QED) is 0.899. The molecule has 1 saturated heterocycles. The average molecular weight is 261 g/mol. The van der Waals surface area contributed by atoms with Crippen LogP contribution in [0.4, 0.5) is 0 Å². The molecule has 0 aromatic heterocycles. The van der Waals surface area contributed by atoms with Gasteiger partial charge in [-0.1, -0.05) is 37.3 Å². The molecule has 4 nitrogen and oxygen atoms in total. The molecule has 0 spiro atoms. The van der Waals surface area contributed by atoms with Crippen LogP contribution in [0.3, 0.4) is 0 Å². The maximum atomic E-state index is 12.1. The lowest BCUT2D eigenvalue weighted by Crippen LogP contribution is -2.30. The van der Waals surface area contributed by atoms with Crippen LogP contribution in [0.25, 0.3) is 0 Å². The molecular formula is C15H19NO3. The van der Waals surface area contributed by atoms with Crippen molar-refractivity contribution in [3.63, 3.8) is 0 Å². The van der Waals surface area contributed by atoms with E-state index in [1.54, 1.807) is 4.90 Å². The highest BCUT2D eigenvalue weighted by Gasteiger charge is 2.36. The highest BCUT2D eigenvalue weighted by atomic mass is 16.4. The lowest BCUT2D eigenvalue weighted by molar-refractivity contribution is -0.142. The van der Waals surface area contributed by atoms with Gasteiger partial charge in [0.15, 0.2) is 0 Å². The molecule has 1 aromatic carbocycles. The molecule has 2 atom stereocenters. The lowest BCUT2D eigenvalue weighted by atomic mass is 9.99. The van der Waals surface area contributed by atoms with E-state index in [0.717, 1.165) is 5.56 Å². The van der Waals surface area contributed by atoms with Gasteiger partial charge in [-0.05, 0) is 17.9 Å². The summed E-state index contributed by atoms with van der Waals surface area (Å²) in [7, 11) is 0. The van der Waals surface area contributed by atoms with Crippen LogP contribution in [0.2, 0.25) is 0 Å². The predicted molar refractivity (Wildman–Crippen MR) is 71.6 cm³/mol. The first-order valence-corrected chi connectivity index (χ1v) is 6.62. The highest BCUT2D eigenvalue weighted by Crippen LogP contribution is 2.23. The van der Waals surface area contributed by atoms with Crippen molar-refractivity contribution in [3.8, 4) is 0 Å². The van der Waals surface area contributed by atoms with Gasteiger partial charge in [-0.15, -0.1) is 0 Å². The number of hydrogen-bond acceptors (Lipinski definition) is 2. The Balaban J connectivity index is 1.86. The second-order valence-corrected chi connectivity index (χ2v) is 5.21. The first-order chi connectivity index (χ1) is 9.08. The molecule has 1 aliphatic heterocycles. The molecule has 2 rings (SSSR count). The van der Waals surface area contributed by atoms with Gasteiger partial charge in [-0.2, -0.15) is 0 Å². The summed E-state index contributed by atoms with van der Waals surface area (Å²) in [6, 6.07) is 9.86. The number of aryl methyl sites for hydroxylation is 1. The summed E-state index contributed by atoms with van der Waals surface area (Å²) in [4.78, 5) is 24.8. The molecule has 1 heterocycles. The van der Waals surface area contributed by atoms with Crippen LogP contribution in [0.5, 0.6) is 0 Å². The summed E-state index contributed by atoms with van der Waals surface area (Å²) in [6.07, 6.45) is 1.16. The third-order valence-electron chi connectivity index (χ3n) is 3.75. The molecule has 4 heteroatoms. The van der Waals surface area contributed by atoms with Crippen LogP contribution in [-0.2, 0) is 16.0 Å². The fourth-order valence-electron chi connectivity index (χ4n) is 2.55. The van der Waals surface area contributed by atoms with E-state index in [4.69, 9.17) is 5.11 Å². The Labute approximate surface area is 113 Å². The standard InChI is InChI=1S/C15H19NO3/c1-11-9-16(10-13(11)15(18)19)14(17)8-7-12-5-3-2-4-6-12/h2-6,11,13H,7-10H2,1H3,(H,18,19). The molecule has 1 N–H and O–H groups in total. The van der Waals surface area contributed by atoms with E-state index in [0.29, 0.717) is 25.9 Å². The maximum absolute atomic E-state index is 12.1. The molecule has 0 radical (unpaired) electrons. The van der Waals surface area contributed by atoms with Crippen molar-refractivity contribution < 1.29 is 14.7 Å². The van der Waals surface area contributed by atoms with Gasteiger partial charge in [0, 0.05) is 19.5 Å². The highest BCUT2D eigenvalue weighted by molar-refractivity contribution is 5.79. The summed E-state index contributed by atoms with van der Waals surface area (Å²) in [5.74, 6) is -1.12. The third kappa shape index (κ3) is 3.34. The fourth-order valence-corrected chi connectivity index (χ4v) is 2.55. The number of carboxylic acid groups (broad SMARTS) is 1. The van der Waals surface area contributed by atoms with E-state index in [-0.39, 0.29) is 11.8 Å². The van der Waals surface area contributed by atoms with Crippen LogP contribution in [-0.4, -0.2) is 35.0 Å². The van der Waals surface area contributed by atoms with Gasteiger partial charge in [0.05, 0.1) is 5.92 Å². The van der Waals surface area contributed by atoms with Crippen LogP contribution in [0.1, 0.15) is 18.9 Å². The van der Waals surface area contributed by atoms with E-state index in [2.05, 4.69) is 0 Å². The van der Waals surface area contributed by atoms with Crippen LogP contribution in [0, 0.1) is 11.8 Å². The Bertz CT molecular complexity index is 458. The summed E-state index contributed by atoms with van der Waals surface area (Å²) < 4.78 is 0. The number of carboxylic acids is 1. The van der Waals surface area contributed by atoms with Crippen LogP contribution < -0.4 is 0 Å². The SMILES string of the molecule is CC1CN(C(=O)CCc2ccccc2)CC1C(=O)O. The largest absolute Gasteiger partial charge is 0.481 e. The van der Waals surface area contributed by atoms with Gasteiger partial charge in [0.25, 0.3) is 0 Å². The van der Waals surface area contributed by atoms with Crippen molar-refractivity contribution >= 4 is 11.9 Å². The number of carbonyl (C=O) groups is 2. The second kappa shape index (κ2) is 5.87. The minimum Gasteiger partial charge on any atom is -0.481 e. The first kappa shape index (κ1) is 13.6. The molecule has 1 aromatic rings. The predicted octanol–water partition coefficient (Wildman–Crippen LogP) is 1.80. The topological polar surface area (TPSA) is 57.6 Å². The van der Waals surface area contributed by atoms with E-state index in [1.807, 2.05) is 37.3 Å². The number of rotatable bonds is 4. The van der Waals surface area contributed by atoms with Crippen LogP contribution >= 0.6 is 0 Å². The summed E-state index contributed by atoms with van der Waals surface area (Å²) in [6.45, 7) is 2.80. The van der Waals surface area contributed by atoms with Gasteiger partial charge < -0.3 is 10.0 Å². The van der Waals surface area contributed by atoms with Gasteiger partial charge >= 0.3 is 5.97 Å². The molecule has 1 aliphatic rings. The molecule has 0 saturated carbocycles.